The molecule has 1 aliphatic rings. The average molecular weight is 330 g/mol. The maximum atomic E-state index is 14.0. The van der Waals surface area contributed by atoms with E-state index in [4.69, 9.17) is 0 Å². The number of carbonyl (C=O) groups is 1. The van der Waals surface area contributed by atoms with Crippen molar-refractivity contribution in [3.63, 3.8) is 0 Å². The molecule has 2 aromatic rings. The van der Waals surface area contributed by atoms with E-state index in [1.807, 2.05) is 24.3 Å². The highest BCUT2D eigenvalue weighted by atomic mass is 32.2. The van der Waals surface area contributed by atoms with E-state index in [0.717, 1.165) is 17.9 Å². The van der Waals surface area contributed by atoms with Gasteiger partial charge in [-0.2, -0.15) is 0 Å². The van der Waals surface area contributed by atoms with Gasteiger partial charge in [-0.25, -0.2) is 9.18 Å². The van der Waals surface area contributed by atoms with Crippen molar-refractivity contribution in [1.82, 2.24) is 4.90 Å². The van der Waals surface area contributed by atoms with Crippen molar-refractivity contribution >= 4 is 23.5 Å². The topological polar surface area (TPSA) is 32.3 Å². The van der Waals surface area contributed by atoms with Crippen LogP contribution in [-0.4, -0.2) is 23.2 Å². The molecule has 0 aromatic heterocycles. The molecule has 3 rings (SSSR count). The Morgan fingerprint density at radius 2 is 2.00 bits per heavy atom. The zero-order valence-electron chi connectivity index (χ0n) is 13.0. The van der Waals surface area contributed by atoms with Crippen LogP contribution in [0.25, 0.3) is 0 Å². The number of rotatable bonds is 3. The summed E-state index contributed by atoms with van der Waals surface area (Å²) in [6, 6.07) is 14.3. The van der Waals surface area contributed by atoms with Gasteiger partial charge in [-0.05, 0) is 30.2 Å². The van der Waals surface area contributed by atoms with E-state index < -0.39 is 0 Å². The van der Waals surface area contributed by atoms with Crippen molar-refractivity contribution in [2.24, 2.45) is 0 Å². The van der Waals surface area contributed by atoms with Crippen molar-refractivity contribution in [2.75, 3.05) is 17.6 Å². The number of nitrogens with zero attached hydrogens (tertiary/aromatic N) is 1. The third-order valence-corrected chi connectivity index (χ3v) is 5.18. The average Bonchev–Trinajstić information content (AvgIpc) is 3.05. The molecule has 3 nitrogen and oxygen atoms in total. The first-order valence-corrected chi connectivity index (χ1v) is 8.76. The van der Waals surface area contributed by atoms with Gasteiger partial charge in [0.05, 0.1) is 0 Å². The van der Waals surface area contributed by atoms with Gasteiger partial charge in [0.1, 0.15) is 11.2 Å². The summed E-state index contributed by atoms with van der Waals surface area (Å²) in [7, 11) is 0. The van der Waals surface area contributed by atoms with Crippen LogP contribution in [0.1, 0.15) is 23.4 Å². The van der Waals surface area contributed by atoms with Gasteiger partial charge in [0.15, 0.2) is 0 Å². The predicted molar refractivity (Wildman–Crippen MR) is 93.1 cm³/mol. The Morgan fingerprint density at radius 1 is 1.26 bits per heavy atom. The van der Waals surface area contributed by atoms with Gasteiger partial charge in [0.2, 0.25) is 0 Å². The third kappa shape index (κ3) is 3.50. The molecule has 1 saturated heterocycles. The summed E-state index contributed by atoms with van der Waals surface area (Å²) in [6.07, 6.45) is 0.965. The number of aryl methyl sites for hydroxylation is 1. The minimum Gasteiger partial charge on any atom is -0.308 e. The first-order chi connectivity index (χ1) is 11.2. The van der Waals surface area contributed by atoms with Crippen molar-refractivity contribution in [3.8, 4) is 0 Å². The number of hydrogen-bond donors (Lipinski definition) is 1. The highest BCUT2D eigenvalue weighted by Crippen LogP contribution is 2.39. The van der Waals surface area contributed by atoms with Gasteiger partial charge < -0.3 is 10.2 Å². The highest BCUT2D eigenvalue weighted by molar-refractivity contribution is 7.99. The summed E-state index contributed by atoms with van der Waals surface area (Å²) in [5, 5.41) is 2.63. The van der Waals surface area contributed by atoms with E-state index in [1.165, 1.54) is 11.6 Å². The third-order valence-electron chi connectivity index (χ3n) is 3.94. The van der Waals surface area contributed by atoms with Crippen LogP contribution in [-0.2, 0) is 6.42 Å². The Kier molecular flexibility index (Phi) is 4.86. The number of urea groups is 1. The summed E-state index contributed by atoms with van der Waals surface area (Å²) in [6.45, 7) is 2.70. The van der Waals surface area contributed by atoms with Crippen LogP contribution in [0.15, 0.2) is 48.5 Å². The molecule has 120 valence electrons. The molecular formula is C18H19FN2OS. The van der Waals surface area contributed by atoms with Crippen LogP contribution in [0.2, 0.25) is 0 Å². The highest BCUT2D eigenvalue weighted by Gasteiger charge is 2.32. The maximum Gasteiger partial charge on any atom is 0.323 e. The van der Waals surface area contributed by atoms with E-state index in [2.05, 4.69) is 12.2 Å². The van der Waals surface area contributed by atoms with E-state index in [9.17, 15) is 9.18 Å². The second-order valence-electron chi connectivity index (χ2n) is 5.42. The molecule has 23 heavy (non-hydrogen) atoms. The molecule has 0 saturated carbocycles. The van der Waals surface area contributed by atoms with Gasteiger partial charge in [-0.1, -0.05) is 37.3 Å². The Hall–Kier alpha value is -2.01. The molecular weight excluding hydrogens is 311 g/mol. The number of thioether (sulfide) groups is 1. The molecule has 1 N–H and O–H groups in total. The molecule has 0 bridgehead atoms. The van der Waals surface area contributed by atoms with Gasteiger partial charge in [-0.15, -0.1) is 11.8 Å². The van der Waals surface area contributed by atoms with Crippen molar-refractivity contribution in [3.05, 3.63) is 65.5 Å². The summed E-state index contributed by atoms with van der Waals surface area (Å²) < 4.78 is 14.0. The fourth-order valence-electron chi connectivity index (χ4n) is 2.63. The number of carbonyl (C=O) groups excluding carboxylic acids is 1. The monoisotopic (exact) mass is 330 g/mol. The molecule has 1 heterocycles. The number of nitrogens with one attached hydrogen (secondary N) is 1. The summed E-state index contributed by atoms with van der Waals surface area (Å²) in [5.74, 6) is 0.540. The van der Waals surface area contributed by atoms with Crippen LogP contribution in [0.3, 0.4) is 0 Å². The van der Waals surface area contributed by atoms with Crippen LogP contribution >= 0.6 is 11.8 Å². The fourth-order valence-corrected chi connectivity index (χ4v) is 3.91. The van der Waals surface area contributed by atoms with Crippen LogP contribution in [0, 0.1) is 5.82 Å². The largest absolute Gasteiger partial charge is 0.323 e. The number of amides is 2. The summed E-state index contributed by atoms with van der Waals surface area (Å²) in [5.41, 5.74) is 2.55. The molecule has 0 radical (unpaired) electrons. The zero-order valence-corrected chi connectivity index (χ0v) is 13.8. The molecule has 1 aliphatic heterocycles. The number of benzene rings is 2. The van der Waals surface area contributed by atoms with Crippen molar-refractivity contribution < 1.29 is 9.18 Å². The number of hydrogen-bond acceptors (Lipinski definition) is 2. The van der Waals surface area contributed by atoms with Gasteiger partial charge >= 0.3 is 6.03 Å². The SMILES string of the molecule is CCc1ccc(NC(=O)N2CCSC2c2ccccc2F)cc1. The molecule has 2 aromatic carbocycles. The lowest BCUT2D eigenvalue weighted by molar-refractivity contribution is 0.213. The van der Waals surface area contributed by atoms with Gasteiger partial charge in [0.25, 0.3) is 0 Å². The molecule has 1 fully saturated rings. The fraction of sp³-hybridized carbons (Fsp3) is 0.278. The molecule has 2 amide bonds. The smallest absolute Gasteiger partial charge is 0.308 e. The molecule has 0 aliphatic carbocycles. The maximum absolute atomic E-state index is 14.0. The van der Waals surface area contributed by atoms with Gasteiger partial charge in [0, 0.05) is 23.5 Å². The Bertz CT molecular complexity index is 690. The van der Waals surface area contributed by atoms with E-state index in [-0.39, 0.29) is 17.2 Å². The standard InChI is InChI=1S/C18H19FN2OS/c1-2-13-7-9-14(10-8-13)20-18(22)21-11-12-23-17(21)15-5-3-4-6-16(15)19/h3-10,17H,2,11-12H2,1H3,(H,20,22). The second-order valence-corrected chi connectivity index (χ2v) is 6.61. The van der Waals surface area contributed by atoms with E-state index >= 15 is 0 Å². The first-order valence-electron chi connectivity index (χ1n) is 7.71. The van der Waals surface area contributed by atoms with Gasteiger partial charge in [-0.3, -0.25) is 0 Å². The Morgan fingerprint density at radius 3 is 2.70 bits per heavy atom. The lowest BCUT2D eigenvalue weighted by Gasteiger charge is -2.24. The van der Waals surface area contributed by atoms with Crippen molar-refractivity contribution in [1.29, 1.82) is 0 Å². The van der Waals surface area contributed by atoms with E-state index in [1.54, 1.807) is 34.9 Å². The second kappa shape index (κ2) is 7.04. The molecule has 1 unspecified atom stereocenters. The van der Waals surface area contributed by atoms with Crippen LogP contribution in [0.4, 0.5) is 14.9 Å². The van der Waals surface area contributed by atoms with Crippen LogP contribution in [0.5, 0.6) is 0 Å². The molecule has 1 atom stereocenters. The molecule has 5 heteroatoms. The Labute approximate surface area is 139 Å². The lowest BCUT2D eigenvalue weighted by Crippen LogP contribution is -2.34. The number of anilines is 1. The van der Waals surface area contributed by atoms with Crippen LogP contribution < -0.4 is 5.32 Å². The quantitative estimate of drug-likeness (QED) is 0.887. The van der Waals surface area contributed by atoms with Crippen molar-refractivity contribution in [2.45, 2.75) is 18.7 Å². The van der Waals surface area contributed by atoms with E-state index in [0.29, 0.717) is 12.1 Å². The predicted octanol–water partition coefficient (Wildman–Crippen LogP) is 4.67. The summed E-state index contributed by atoms with van der Waals surface area (Å²) >= 11 is 1.59. The lowest BCUT2D eigenvalue weighted by atomic mass is 10.1. The normalized spacial score (nSPS) is 17.3. The summed E-state index contributed by atoms with van der Waals surface area (Å²) in [4.78, 5) is 14.2. The zero-order chi connectivity index (χ0) is 16.2. The minimum absolute atomic E-state index is 0.187. The minimum atomic E-state index is -0.272. The first kappa shape index (κ1) is 15.9. The Balaban J connectivity index is 1.74. The molecule has 0 spiro atoms. The number of halogens is 1.